The Kier molecular flexibility index (Phi) is 2.36. The number of carbonyl (C=O) groups excluding carboxylic acids is 1. The molecule has 0 aromatic carbocycles. The van der Waals surface area contributed by atoms with E-state index in [9.17, 15) is 4.79 Å². The molecular formula is C10H14O2. The third-order valence-electron chi connectivity index (χ3n) is 1.61. The van der Waals surface area contributed by atoms with Crippen molar-refractivity contribution in [2.24, 2.45) is 5.41 Å². The summed E-state index contributed by atoms with van der Waals surface area (Å²) in [5.41, 5.74) is 1.19. The van der Waals surface area contributed by atoms with Gasteiger partial charge in [-0.2, -0.15) is 0 Å². The maximum Gasteiger partial charge on any atom is 0.185 e. The predicted octanol–water partition coefficient (Wildman–Crippen LogP) is 2.68. The van der Waals surface area contributed by atoms with Crippen molar-refractivity contribution in [2.75, 3.05) is 0 Å². The summed E-state index contributed by atoms with van der Waals surface area (Å²) in [5, 5.41) is 0. The summed E-state index contributed by atoms with van der Waals surface area (Å²) in [6.07, 6.45) is 3.20. The normalized spacial score (nSPS) is 11.6. The van der Waals surface area contributed by atoms with Crippen LogP contribution >= 0.6 is 0 Å². The van der Waals surface area contributed by atoms with Crippen LogP contribution in [0.15, 0.2) is 16.7 Å². The van der Waals surface area contributed by atoms with Crippen LogP contribution < -0.4 is 0 Å². The highest BCUT2D eigenvalue weighted by atomic mass is 16.3. The van der Waals surface area contributed by atoms with Gasteiger partial charge in [-0.25, -0.2) is 0 Å². The number of hydrogen-bond acceptors (Lipinski definition) is 2. The van der Waals surface area contributed by atoms with Crippen molar-refractivity contribution in [3.63, 3.8) is 0 Å². The fraction of sp³-hybridized carbons (Fsp3) is 0.500. The van der Waals surface area contributed by atoms with Crippen LogP contribution in [-0.2, 0) is 6.42 Å². The second-order valence-corrected chi connectivity index (χ2v) is 4.17. The summed E-state index contributed by atoms with van der Waals surface area (Å²) >= 11 is 0. The van der Waals surface area contributed by atoms with Gasteiger partial charge in [-0.15, -0.1) is 0 Å². The van der Waals surface area contributed by atoms with Crippen LogP contribution in [0.4, 0.5) is 0 Å². The van der Waals surface area contributed by atoms with Crippen molar-refractivity contribution in [3.8, 4) is 0 Å². The first-order valence-electron chi connectivity index (χ1n) is 4.04. The number of rotatable bonds is 2. The van der Waals surface area contributed by atoms with Crippen LogP contribution in [-0.4, -0.2) is 6.29 Å². The fourth-order valence-electron chi connectivity index (χ4n) is 1.17. The van der Waals surface area contributed by atoms with E-state index >= 15 is 0 Å². The Hall–Kier alpha value is -1.05. The average molecular weight is 166 g/mol. The van der Waals surface area contributed by atoms with Crippen LogP contribution in [0.5, 0.6) is 0 Å². The van der Waals surface area contributed by atoms with E-state index in [1.54, 1.807) is 6.26 Å². The van der Waals surface area contributed by atoms with Crippen molar-refractivity contribution in [1.29, 1.82) is 0 Å². The molecule has 0 aliphatic heterocycles. The molecule has 0 bridgehead atoms. The van der Waals surface area contributed by atoms with Gasteiger partial charge in [0.1, 0.15) is 0 Å². The molecule has 0 amide bonds. The van der Waals surface area contributed by atoms with E-state index in [2.05, 4.69) is 20.8 Å². The lowest BCUT2D eigenvalue weighted by atomic mass is 9.88. The Morgan fingerprint density at radius 3 is 2.67 bits per heavy atom. The van der Waals surface area contributed by atoms with Crippen molar-refractivity contribution < 1.29 is 9.21 Å². The van der Waals surface area contributed by atoms with Crippen molar-refractivity contribution in [1.82, 2.24) is 0 Å². The predicted molar refractivity (Wildman–Crippen MR) is 47.3 cm³/mol. The second kappa shape index (κ2) is 3.13. The molecule has 0 aliphatic rings. The highest BCUT2D eigenvalue weighted by Gasteiger charge is 2.15. The summed E-state index contributed by atoms with van der Waals surface area (Å²) < 4.78 is 4.99. The molecule has 1 aromatic rings. The average Bonchev–Trinajstić information content (AvgIpc) is 2.31. The van der Waals surface area contributed by atoms with E-state index in [1.807, 2.05) is 6.07 Å². The molecule has 12 heavy (non-hydrogen) atoms. The van der Waals surface area contributed by atoms with E-state index < -0.39 is 0 Å². The zero-order chi connectivity index (χ0) is 9.19. The van der Waals surface area contributed by atoms with Crippen LogP contribution in [0.3, 0.4) is 0 Å². The monoisotopic (exact) mass is 166 g/mol. The van der Waals surface area contributed by atoms with Gasteiger partial charge >= 0.3 is 0 Å². The van der Waals surface area contributed by atoms with Gasteiger partial charge < -0.3 is 4.42 Å². The van der Waals surface area contributed by atoms with Gasteiger partial charge in [0, 0.05) is 5.56 Å². The lowest BCUT2D eigenvalue weighted by Gasteiger charge is -2.16. The molecule has 2 nitrogen and oxygen atoms in total. The summed E-state index contributed by atoms with van der Waals surface area (Å²) in [5.74, 6) is 0.463. The van der Waals surface area contributed by atoms with E-state index in [1.165, 1.54) is 0 Å². The Bertz CT molecular complexity index is 266. The summed E-state index contributed by atoms with van der Waals surface area (Å²) in [4.78, 5) is 10.5. The maximum atomic E-state index is 10.5. The molecule has 0 atom stereocenters. The van der Waals surface area contributed by atoms with Gasteiger partial charge in [-0.05, 0) is 17.9 Å². The second-order valence-electron chi connectivity index (χ2n) is 4.17. The molecular weight excluding hydrogens is 152 g/mol. The molecule has 66 valence electrons. The van der Waals surface area contributed by atoms with Crippen LogP contribution in [0, 0.1) is 5.41 Å². The Morgan fingerprint density at radius 2 is 2.17 bits per heavy atom. The van der Waals surface area contributed by atoms with Gasteiger partial charge in [0.05, 0.1) is 6.26 Å². The first-order chi connectivity index (χ1) is 5.53. The molecule has 0 spiro atoms. The van der Waals surface area contributed by atoms with Gasteiger partial charge in [-0.1, -0.05) is 20.8 Å². The van der Waals surface area contributed by atoms with Crippen LogP contribution in [0.1, 0.15) is 36.9 Å². The first kappa shape index (κ1) is 9.04. The van der Waals surface area contributed by atoms with Gasteiger partial charge in [0.25, 0.3) is 0 Å². The molecule has 0 saturated carbocycles. The first-order valence-corrected chi connectivity index (χ1v) is 4.04. The van der Waals surface area contributed by atoms with Crippen molar-refractivity contribution in [3.05, 3.63) is 23.7 Å². The topological polar surface area (TPSA) is 30.2 Å². The lowest BCUT2D eigenvalue weighted by Crippen LogP contribution is -2.09. The zero-order valence-corrected chi connectivity index (χ0v) is 7.76. The van der Waals surface area contributed by atoms with Gasteiger partial charge in [0.15, 0.2) is 12.0 Å². The van der Waals surface area contributed by atoms with Gasteiger partial charge in [-0.3, -0.25) is 4.79 Å². The number of furan rings is 1. The molecule has 0 unspecified atom stereocenters. The summed E-state index contributed by atoms with van der Waals surface area (Å²) in [6, 6.07) is 1.86. The van der Waals surface area contributed by atoms with E-state index in [-0.39, 0.29) is 5.41 Å². The van der Waals surface area contributed by atoms with Crippen LogP contribution in [0.2, 0.25) is 0 Å². The molecule has 2 heteroatoms. The zero-order valence-electron chi connectivity index (χ0n) is 7.76. The lowest BCUT2D eigenvalue weighted by molar-refractivity contribution is 0.109. The van der Waals surface area contributed by atoms with E-state index in [0.717, 1.165) is 18.3 Å². The number of hydrogen-bond donors (Lipinski definition) is 0. The Labute approximate surface area is 72.6 Å². The fourth-order valence-corrected chi connectivity index (χ4v) is 1.17. The quantitative estimate of drug-likeness (QED) is 0.632. The molecule has 0 N–H and O–H groups in total. The van der Waals surface area contributed by atoms with E-state index in [4.69, 9.17) is 4.42 Å². The largest absolute Gasteiger partial charge is 0.461 e. The summed E-state index contributed by atoms with van der Waals surface area (Å²) in [6.45, 7) is 6.40. The Balaban J connectivity index is 2.81. The van der Waals surface area contributed by atoms with Crippen molar-refractivity contribution >= 4 is 6.29 Å². The minimum atomic E-state index is 0.196. The minimum absolute atomic E-state index is 0.196. The third kappa shape index (κ3) is 2.22. The molecule has 1 rings (SSSR count). The minimum Gasteiger partial charge on any atom is -0.461 e. The molecule has 0 aliphatic carbocycles. The van der Waals surface area contributed by atoms with Crippen molar-refractivity contribution in [2.45, 2.75) is 27.2 Å². The Morgan fingerprint density at radius 1 is 1.50 bits per heavy atom. The molecule has 1 heterocycles. The maximum absolute atomic E-state index is 10.5. The summed E-state index contributed by atoms with van der Waals surface area (Å²) in [7, 11) is 0. The number of aldehydes is 1. The third-order valence-corrected chi connectivity index (χ3v) is 1.61. The molecule has 0 fully saturated rings. The standard InChI is InChI=1S/C10H14O2/c1-10(2,3)6-8-4-5-12-9(8)7-11/h4-5,7H,6H2,1-3H3. The smallest absolute Gasteiger partial charge is 0.185 e. The molecule has 1 aromatic heterocycles. The molecule has 0 radical (unpaired) electrons. The van der Waals surface area contributed by atoms with E-state index in [0.29, 0.717) is 5.76 Å². The van der Waals surface area contributed by atoms with Crippen LogP contribution in [0.25, 0.3) is 0 Å². The SMILES string of the molecule is CC(C)(C)Cc1ccoc1C=O. The number of carbonyl (C=O) groups is 1. The highest BCUT2D eigenvalue weighted by molar-refractivity contribution is 5.72. The highest BCUT2D eigenvalue weighted by Crippen LogP contribution is 2.22. The van der Waals surface area contributed by atoms with Gasteiger partial charge in [0.2, 0.25) is 0 Å². The molecule has 0 saturated heterocycles.